The Bertz CT molecular complexity index is 3850. The number of hydrogen-bond donors (Lipinski definition) is 0. The van der Waals surface area contributed by atoms with Crippen LogP contribution in [0, 0.1) is 6.92 Å². The maximum Gasteiger partial charge on any atom is 0.256 e. The highest BCUT2D eigenvalue weighted by Crippen LogP contribution is 2.46. The van der Waals surface area contributed by atoms with Crippen molar-refractivity contribution in [1.29, 1.82) is 0 Å². The van der Waals surface area contributed by atoms with Crippen molar-refractivity contribution < 1.29 is 13.6 Å². The van der Waals surface area contributed by atoms with E-state index in [9.17, 15) is 0 Å². The molecule has 68 heavy (non-hydrogen) atoms. The zero-order valence-electron chi connectivity index (χ0n) is 37.0. The summed E-state index contributed by atoms with van der Waals surface area (Å²) < 4.78 is 20.9. The van der Waals surface area contributed by atoms with Gasteiger partial charge in [0.15, 0.2) is 0 Å². The molecule has 0 saturated heterocycles. The van der Waals surface area contributed by atoms with E-state index in [1.54, 1.807) is 0 Å². The number of para-hydroxylation sites is 5. The van der Waals surface area contributed by atoms with Gasteiger partial charge in [-0.25, -0.2) is 0 Å². The van der Waals surface area contributed by atoms with Gasteiger partial charge in [0.1, 0.15) is 33.8 Å². The molecular formula is C61H40BN3O3. The van der Waals surface area contributed by atoms with E-state index in [1.165, 1.54) is 5.56 Å². The van der Waals surface area contributed by atoms with Gasteiger partial charge in [0, 0.05) is 84.9 Å². The van der Waals surface area contributed by atoms with Crippen LogP contribution in [-0.2, 0) is 0 Å². The summed E-state index contributed by atoms with van der Waals surface area (Å²) in [6, 6.07) is 79.1. The monoisotopic (exact) mass is 873 g/mol. The van der Waals surface area contributed by atoms with Gasteiger partial charge in [-0.1, -0.05) is 97.1 Å². The molecule has 0 atom stereocenters. The van der Waals surface area contributed by atoms with Crippen LogP contribution in [0.3, 0.4) is 0 Å². The minimum Gasteiger partial charge on any atom is -0.458 e. The summed E-state index contributed by atoms with van der Waals surface area (Å²) in [6.07, 6.45) is 0. The summed E-state index contributed by atoms with van der Waals surface area (Å²) >= 11 is 0. The van der Waals surface area contributed by atoms with Crippen molar-refractivity contribution in [2.75, 3.05) is 14.7 Å². The SMILES string of the molecule is Cc1ccccc1N1c2cc3c(cc2B2c4cc5oc6cc(N(c7ccccc7)c7ccccc7)ccc6c5cc4Oc4cccc1c42)oc1cc(N(c2ccccc2)c2ccccc2)ccc13. The molecule has 0 aliphatic carbocycles. The van der Waals surface area contributed by atoms with Gasteiger partial charge in [-0.05, 0) is 144 Å². The first kappa shape index (κ1) is 38.3. The Kier molecular flexibility index (Phi) is 8.49. The van der Waals surface area contributed by atoms with E-state index in [-0.39, 0.29) is 6.71 Å². The number of ether oxygens (including phenoxy) is 1. The van der Waals surface area contributed by atoms with Gasteiger partial charge in [0.2, 0.25) is 0 Å². The summed E-state index contributed by atoms with van der Waals surface area (Å²) in [5.41, 5.74) is 17.4. The Hall–Kier alpha value is -8.94. The highest BCUT2D eigenvalue weighted by molar-refractivity contribution is 6.99. The maximum atomic E-state index is 7.00. The molecule has 7 heteroatoms. The van der Waals surface area contributed by atoms with Crippen LogP contribution in [0.2, 0.25) is 0 Å². The molecular weight excluding hydrogens is 834 g/mol. The second-order valence-electron chi connectivity index (χ2n) is 17.7. The van der Waals surface area contributed by atoms with Gasteiger partial charge < -0.3 is 28.3 Å². The van der Waals surface area contributed by atoms with E-state index in [0.29, 0.717) is 0 Å². The summed E-state index contributed by atoms with van der Waals surface area (Å²) in [5, 5.41) is 4.17. The average Bonchev–Trinajstić information content (AvgIpc) is 3.93. The molecule has 0 bridgehead atoms. The van der Waals surface area contributed by atoms with E-state index >= 15 is 0 Å². The Labute approximate surface area is 393 Å². The van der Waals surface area contributed by atoms with Crippen LogP contribution >= 0.6 is 0 Å². The second kappa shape index (κ2) is 15.1. The maximum absolute atomic E-state index is 7.00. The molecule has 12 aromatic rings. The second-order valence-corrected chi connectivity index (χ2v) is 17.7. The van der Waals surface area contributed by atoms with E-state index in [2.05, 4.69) is 234 Å². The minimum absolute atomic E-state index is 0.167. The normalized spacial score (nSPS) is 12.5. The van der Waals surface area contributed by atoms with Crippen molar-refractivity contribution in [2.45, 2.75) is 6.92 Å². The van der Waals surface area contributed by atoms with Crippen LogP contribution < -0.4 is 35.8 Å². The number of rotatable bonds is 7. The average molecular weight is 874 g/mol. The molecule has 2 aliphatic heterocycles. The molecule has 14 rings (SSSR count). The number of benzene rings is 10. The molecule has 10 aromatic carbocycles. The van der Waals surface area contributed by atoms with E-state index in [4.69, 9.17) is 13.6 Å². The summed E-state index contributed by atoms with van der Waals surface area (Å²) in [5.74, 6) is 1.66. The molecule has 0 N–H and O–H groups in total. The smallest absolute Gasteiger partial charge is 0.256 e. The van der Waals surface area contributed by atoms with Crippen molar-refractivity contribution >= 4 is 118 Å². The fraction of sp³-hybridized carbons (Fsp3) is 0.0164. The molecule has 0 radical (unpaired) electrons. The van der Waals surface area contributed by atoms with Crippen LogP contribution in [0.15, 0.2) is 233 Å². The van der Waals surface area contributed by atoms with Crippen LogP contribution in [0.25, 0.3) is 43.9 Å². The topological polar surface area (TPSA) is 45.2 Å². The molecule has 2 aromatic heterocycles. The molecule has 0 unspecified atom stereocenters. The van der Waals surface area contributed by atoms with E-state index < -0.39 is 0 Å². The largest absolute Gasteiger partial charge is 0.458 e. The lowest BCUT2D eigenvalue weighted by atomic mass is 9.34. The van der Waals surface area contributed by atoms with Crippen LogP contribution in [0.4, 0.5) is 51.2 Å². The van der Waals surface area contributed by atoms with Gasteiger partial charge in [0.05, 0.1) is 0 Å². The summed E-state index contributed by atoms with van der Waals surface area (Å²) in [6.45, 7) is 2.02. The Morgan fingerprint density at radius 1 is 0.353 bits per heavy atom. The first-order valence-corrected chi connectivity index (χ1v) is 23.1. The van der Waals surface area contributed by atoms with Crippen molar-refractivity contribution in [3.63, 3.8) is 0 Å². The highest BCUT2D eigenvalue weighted by atomic mass is 16.5. The zero-order chi connectivity index (χ0) is 44.9. The number of nitrogens with zero attached hydrogens (tertiary/aromatic N) is 3. The zero-order valence-corrected chi connectivity index (χ0v) is 37.0. The Morgan fingerprint density at radius 2 is 0.824 bits per heavy atom. The molecule has 6 nitrogen and oxygen atoms in total. The molecule has 0 spiro atoms. The lowest BCUT2D eigenvalue weighted by Gasteiger charge is -2.40. The minimum atomic E-state index is -0.167. The molecule has 4 heterocycles. The van der Waals surface area contributed by atoms with Gasteiger partial charge in [-0.15, -0.1) is 0 Å². The van der Waals surface area contributed by atoms with Crippen molar-refractivity contribution in [2.24, 2.45) is 0 Å². The van der Waals surface area contributed by atoms with Crippen LogP contribution in [0.1, 0.15) is 5.56 Å². The third-order valence-corrected chi connectivity index (χ3v) is 13.8. The number of furan rings is 2. The summed E-state index contributed by atoms with van der Waals surface area (Å²) in [4.78, 5) is 6.96. The predicted octanol–water partition coefficient (Wildman–Crippen LogP) is 15.1. The molecule has 2 aliphatic rings. The van der Waals surface area contributed by atoms with Crippen molar-refractivity contribution in [3.8, 4) is 11.5 Å². The Morgan fingerprint density at radius 3 is 1.37 bits per heavy atom. The summed E-state index contributed by atoms with van der Waals surface area (Å²) in [7, 11) is 0. The number of anilines is 9. The molecule has 0 amide bonds. The van der Waals surface area contributed by atoms with Gasteiger partial charge in [-0.2, -0.15) is 0 Å². The lowest BCUT2D eigenvalue weighted by molar-refractivity contribution is 0.488. The molecule has 0 fully saturated rings. The first-order chi connectivity index (χ1) is 33.6. The van der Waals surface area contributed by atoms with E-state index in [1.807, 2.05) is 12.1 Å². The standard InChI is InChI=1S/C61H40BN3O3/c1-39-17-14-15-26-52(39)65-53-27-16-28-55-61(53)62(50-37-58-48(35-54(50)65)46-31-29-44(33-56(46)67-58)63(40-18-6-2-7-19-40)41-20-8-3-9-21-41)51-38-59-49(36-60(51)66-55)47-32-30-45(34-57(47)68-59)64(42-22-10-4-11-23-42)43-24-12-5-13-25-43/h2-38H,1H3. The van der Waals surface area contributed by atoms with Gasteiger partial charge in [-0.3, -0.25) is 0 Å². The fourth-order valence-corrected chi connectivity index (χ4v) is 10.7. The third kappa shape index (κ3) is 5.92. The number of hydrogen-bond acceptors (Lipinski definition) is 6. The first-order valence-electron chi connectivity index (χ1n) is 23.1. The van der Waals surface area contributed by atoms with Crippen LogP contribution in [0.5, 0.6) is 11.5 Å². The van der Waals surface area contributed by atoms with Crippen LogP contribution in [-0.4, -0.2) is 6.71 Å². The molecule has 0 saturated carbocycles. The van der Waals surface area contributed by atoms with Gasteiger partial charge in [0.25, 0.3) is 6.71 Å². The van der Waals surface area contributed by atoms with Gasteiger partial charge >= 0.3 is 0 Å². The number of aryl methyl sites for hydroxylation is 1. The Balaban J connectivity index is 0.956. The predicted molar refractivity (Wildman–Crippen MR) is 281 cm³/mol. The van der Waals surface area contributed by atoms with E-state index in [0.717, 1.165) is 123 Å². The van der Waals surface area contributed by atoms with Crippen molar-refractivity contribution in [3.05, 3.63) is 230 Å². The quantitative estimate of drug-likeness (QED) is 0.149. The highest BCUT2D eigenvalue weighted by Gasteiger charge is 2.43. The number of fused-ring (bicyclic) bond motifs is 10. The van der Waals surface area contributed by atoms with Crippen molar-refractivity contribution in [1.82, 2.24) is 0 Å². The third-order valence-electron chi connectivity index (χ3n) is 13.8. The fourth-order valence-electron chi connectivity index (χ4n) is 10.7. The lowest BCUT2D eigenvalue weighted by Crippen LogP contribution is -2.59. The molecule has 320 valence electrons.